The van der Waals surface area contributed by atoms with E-state index < -0.39 is 0 Å². The second kappa shape index (κ2) is 2.28. The Morgan fingerprint density at radius 2 is 2.57 bits per heavy atom. The summed E-state index contributed by atoms with van der Waals surface area (Å²) in [4.78, 5) is 2.14. The molecule has 0 aliphatic carbocycles. The first-order valence-corrected chi connectivity index (χ1v) is 2.51. The van der Waals surface area contributed by atoms with Crippen LogP contribution in [0, 0.1) is 6.54 Å². The summed E-state index contributed by atoms with van der Waals surface area (Å²) in [6.07, 6.45) is 0. The van der Waals surface area contributed by atoms with Crippen molar-refractivity contribution in [3.63, 3.8) is 0 Å². The summed E-state index contributed by atoms with van der Waals surface area (Å²) in [7, 11) is 2.06. The average molecular weight is 100 g/mol. The molecule has 0 aromatic rings. The number of likely N-dealkylation sites (N-methyl/N-ethyl adjacent to an activating group) is 1. The molecule has 0 radical (unpaired) electrons. The molecule has 0 saturated carbocycles. The molecular weight excluding hydrogens is 90.1 g/mol. The maximum atomic E-state index is 5.04. The molecule has 0 N–H and O–H groups in total. The van der Waals surface area contributed by atoms with Crippen LogP contribution < -0.4 is 0 Å². The molecule has 1 heterocycles. The topological polar surface area (TPSA) is 12.5 Å². The standard InChI is InChI=1S/C5H10NO/c1-6-2-4-7-5-3-6/h2H,3-5H2,1H3/q-1. The third-order valence-corrected chi connectivity index (χ3v) is 1.09. The van der Waals surface area contributed by atoms with Crippen LogP contribution in [-0.4, -0.2) is 31.7 Å². The van der Waals surface area contributed by atoms with Crippen molar-refractivity contribution in [3.8, 4) is 0 Å². The molecule has 0 aromatic carbocycles. The van der Waals surface area contributed by atoms with E-state index in [1.807, 2.05) is 6.54 Å². The highest BCUT2D eigenvalue weighted by atomic mass is 16.5. The fourth-order valence-corrected chi connectivity index (χ4v) is 0.563. The van der Waals surface area contributed by atoms with Crippen molar-refractivity contribution in [2.45, 2.75) is 0 Å². The molecule has 1 aliphatic rings. The molecule has 0 bridgehead atoms. The van der Waals surface area contributed by atoms with Crippen LogP contribution in [0.15, 0.2) is 0 Å². The minimum absolute atomic E-state index is 0.788. The van der Waals surface area contributed by atoms with Gasteiger partial charge in [-0.15, -0.1) is 0 Å². The second-order valence-electron chi connectivity index (χ2n) is 1.74. The van der Waals surface area contributed by atoms with Gasteiger partial charge >= 0.3 is 0 Å². The maximum Gasteiger partial charge on any atom is 0.0534 e. The van der Waals surface area contributed by atoms with Gasteiger partial charge in [-0.05, 0) is 13.6 Å². The molecule has 0 atom stereocenters. The van der Waals surface area contributed by atoms with Gasteiger partial charge in [0.05, 0.1) is 6.61 Å². The minimum atomic E-state index is 0.788. The Morgan fingerprint density at radius 1 is 1.71 bits per heavy atom. The molecule has 1 fully saturated rings. The van der Waals surface area contributed by atoms with Gasteiger partial charge in [-0.1, -0.05) is 6.61 Å². The predicted octanol–water partition coefficient (Wildman–Crippen LogP) is 0.110. The van der Waals surface area contributed by atoms with E-state index in [9.17, 15) is 0 Å². The Hall–Kier alpha value is -0.0800. The van der Waals surface area contributed by atoms with Crippen LogP contribution in [0.1, 0.15) is 0 Å². The van der Waals surface area contributed by atoms with E-state index in [2.05, 4.69) is 11.9 Å². The van der Waals surface area contributed by atoms with Crippen LogP contribution in [0.5, 0.6) is 0 Å². The van der Waals surface area contributed by atoms with Gasteiger partial charge in [0.1, 0.15) is 0 Å². The Balaban J connectivity index is 2.12. The third-order valence-electron chi connectivity index (χ3n) is 1.09. The smallest absolute Gasteiger partial charge is 0.0534 e. The summed E-state index contributed by atoms with van der Waals surface area (Å²) in [6, 6.07) is 0. The van der Waals surface area contributed by atoms with Crippen molar-refractivity contribution in [3.05, 3.63) is 6.54 Å². The molecule has 0 unspecified atom stereocenters. The second-order valence-corrected chi connectivity index (χ2v) is 1.74. The zero-order valence-corrected chi connectivity index (χ0v) is 4.55. The lowest BCUT2D eigenvalue weighted by atomic mass is 10.5. The first kappa shape index (κ1) is 5.06. The number of hydrogen-bond donors (Lipinski definition) is 0. The highest BCUT2D eigenvalue weighted by Crippen LogP contribution is 1.94. The fraction of sp³-hybridized carbons (Fsp3) is 0.800. The van der Waals surface area contributed by atoms with E-state index in [1.165, 1.54) is 0 Å². The molecule has 1 aliphatic heterocycles. The van der Waals surface area contributed by atoms with Crippen LogP contribution in [-0.2, 0) is 4.74 Å². The predicted molar refractivity (Wildman–Crippen MR) is 27.7 cm³/mol. The Labute approximate surface area is 44.1 Å². The van der Waals surface area contributed by atoms with Gasteiger partial charge < -0.3 is 9.64 Å². The average Bonchev–Trinajstić information content (AvgIpc) is 1.69. The molecule has 2 nitrogen and oxygen atoms in total. The molecule has 0 aromatic heterocycles. The van der Waals surface area contributed by atoms with E-state index in [1.54, 1.807) is 0 Å². The van der Waals surface area contributed by atoms with E-state index >= 15 is 0 Å². The number of nitrogens with zero attached hydrogens (tertiary/aromatic N) is 1. The summed E-state index contributed by atoms with van der Waals surface area (Å²) in [5, 5.41) is 0. The molecule has 1 saturated heterocycles. The number of morpholine rings is 1. The van der Waals surface area contributed by atoms with Crippen LogP contribution >= 0.6 is 0 Å². The van der Waals surface area contributed by atoms with Gasteiger partial charge in [-0.2, -0.15) is 0 Å². The normalized spacial score (nSPS) is 25.3. The van der Waals surface area contributed by atoms with Crippen molar-refractivity contribution in [2.75, 3.05) is 26.8 Å². The van der Waals surface area contributed by atoms with E-state index in [-0.39, 0.29) is 0 Å². The molecule has 0 amide bonds. The van der Waals surface area contributed by atoms with Gasteiger partial charge in [0.2, 0.25) is 0 Å². The zero-order valence-electron chi connectivity index (χ0n) is 4.55. The molecule has 1 rings (SSSR count). The number of ether oxygens (including phenoxy) is 1. The summed E-state index contributed by atoms with van der Waals surface area (Å²) in [5.74, 6) is 0. The number of hydrogen-bond acceptors (Lipinski definition) is 2. The summed E-state index contributed by atoms with van der Waals surface area (Å²) < 4.78 is 5.04. The fourth-order valence-electron chi connectivity index (χ4n) is 0.563. The van der Waals surface area contributed by atoms with Crippen LogP contribution in [0.2, 0.25) is 0 Å². The minimum Gasteiger partial charge on any atom is -0.455 e. The first-order chi connectivity index (χ1) is 3.39. The summed E-state index contributed by atoms with van der Waals surface area (Å²) in [5.41, 5.74) is 0. The van der Waals surface area contributed by atoms with Gasteiger partial charge in [0.15, 0.2) is 0 Å². The zero-order chi connectivity index (χ0) is 5.11. The Kier molecular flexibility index (Phi) is 1.65. The molecule has 42 valence electrons. The highest BCUT2D eigenvalue weighted by molar-refractivity contribution is 4.66. The van der Waals surface area contributed by atoms with Crippen molar-refractivity contribution in [1.29, 1.82) is 0 Å². The third kappa shape index (κ3) is 1.45. The summed E-state index contributed by atoms with van der Waals surface area (Å²) >= 11 is 0. The molecule has 0 spiro atoms. The first-order valence-electron chi connectivity index (χ1n) is 2.51. The monoisotopic (exact) mass is 100 g/mol. The van der Waals surface area contributed by atoms with Crippen LogP contribution in [0.4, 0.5) is 0 Å². The van der Waals surface area contributed by atoms with Crippen molar-refractivity contribution in [1.82, 2.24) is 4.90 Å². The molecule has 7 heavy (non-hydrogen) atoms. The van der Waals surface area contributed by atoms with E-state index in [4.69, 9.17) is 4.74 Å². The summed E-state index contributed by atoms with van der Waals surface area (Å²) in [6.45, 7) is 4.76. The van der Waals surface area contributed by atoms with Crippen LogP contribution in [0.3, 0.4) is 0 Å². The highest BCUT2D eigenvalue weighted by Gasteiger charge is 1.92. The van der Waals surface area contributed by atoms with Crippen molar-refractivity contribution >= 4 is 0 Å². The lowest BCUT2D eigenvalue weighted by Crippen LogP contribution is -2.28. The van der Waals surface area contributed by atoms with E-state index in [0.717, 1.165) is 19.8 Å². The largest absolute Gasteiger partial charge is 0.455 e. The van der Waals surface area contributed by atoms with Gasteiger partial charge in [-0.25, -0.2) is 6.54 Å². The lowest BCUT2D eigenvalue weighted by molar-refractivity contribution is 0.0792. The maximum absolute atomic E-state index is 5.04. The SMILES string of the molecule is CN1[CH-]COCC1. The molecular formula is C5H10NO-. The van der Waals surface area contributed by atoms with E-state index in [0.29, 0.717) is 0 Å². The van der Waals surface area contributed by atoms with Gasteiger partial charge in [-0.3, -0.25) is 0 Å². The van der Waals surface area contributed by atoms with Crippen molar-refractivity contribution < 1.29 is 4.74 Å². The van der Waals surface area contributed by atoms with Gasteiger partial charge in [0.25, 0.3) is 0 Å². The van der Waals surface area contributed by atoms with Crippen LogP contribution in [0.25, 0.3) is 0 Å². The van der Waals surface area contributed by atoms with Gasteiger partial charge in [0, 0.05) is 0 Å². The quantitative estimate of drug-likeness (QED) is 0.401. The Morgan fingerprint density at radius 3 is 2.86 bits per heavy atom. The molecule has 2 heteroatoms. The van der Waals surface area contributed by atoms with Crippen molar-refractivity contribution in [2.24, 2.45) is 0 Å². The Bertz CT molecular complexity index is 50.0. The lowest BCUT2D eigenvalue weighted by Gasteiger charge is -2.32. The number of rotatable bonds is 0.